The summed E-state index contributed by atoms with van der Waals surface area (Å²) in [5.74, 6) is 2.39. The molecule has 0 saturated carbocycles. The van der Waals surface area contributed by atoms with E-state index in [0.717, 1.165) is 29.2 Å². The zero-order chi connectivity index (χ0) is 15.1. The first-order valence-corrected chi connectivity index (χ1v) is 7.46. The Bertz CT molecular complexity index is 565. The van der Waals surface area contributed by atoms with E-state index in [1.54, 1.807) is 0 Å². The second-order valence-electron chi connectivity index (χ2n) is 4.77. The van der Waals surface area contributed by atoms with E-state index in [4.69, 9.17) is 9.47 Å². The molecule has 1 atom stereocenters. The van der Waals surface area contributed by atoms with Crippen molar-refractivity contribution >= 4 is 0 Å². The average Bonchev–Trinajstić information content (AvgIpc) is 2.52. The fraction of sp³-hybridized carbons (Fsp3) is 0.333. The highest BCUT2D eigenvalue weighted by atomic mass is 16.5. The summed E-state index contributed by atoms with van der Waals surface area (Å²) in [6, 6.07) is 16.2. The first kappa shape index (κ1) is 15.4. The van der Waals surface area contributed by atoms with Crippen LogP contribution in [0.1, 0.15) is 31.9 Å². The van der Waals surface area contributed by atoms with E-state index in [-0.39, 0.29) is 6.04 Å². The summed E-state index contributed by atoms with van der Waals surface area (Å²) in [6.07, 6.45) is 1.00. The highest BCUT2D eigenvalue weighted by Crippen LogP contribution is 2.35. The molecule has 0 bridgehead atoms. The van der Waals surface area contributed by atoms with Crippen molar-refractivity contribution in [1.82, 2.24) is 5.32 Å². The van der Waals surface area contributed by atoms with Crippen LogP contribution in [0.5, 0.6) is 17.2 Å². The van der Waals surface area contributed by atoms with Gasteiger partial charge in [0.05, 0.1) is 6.61 Å². The molecule has 1 N–H and O–H groups in total. The minimum atomic E-state index is 0.278. The summed E-state index contributed by atoms with van der Waals surface area (Å²) in [4.78, 5) is 0. The Morgan fingerprint density at radius 1 is 0.905 bits per heavy atom. The largest absolute Gasteiger partial charge is 0.490 e. The van der Waals surface area contributed by atoms with Crippen LogP contribution in [0.25, 0.3) is 0 Å². The Labute approximate surface area is 126 Å². The molecule has 2 aromatic carbocycles. The SMILES string of the molecule is CCOc1ccccc1Oc1ccccc1C(CC)NC. The second kappa shape index (κ2) is 7.70. The van der Waals surface area contributed by atoms with E-state index in [1.807, 2.05) is 56.4 Å². The van der Waals surface area contributed by atoms with Crippen LogP contribution in [0.4, 0.5) is 0 Å². The lowest BCUT2D eigenvalue weighted by molar-refractivity contribution is 0.320. The minimum Gasteiger partial charge on any atom is -0.490 e. The highest BCUT2D eigenvalue weighted by Gasteiger charge is 2.14. The van der Waals surface area contributed by atoms with Gasteiger partial charge in [0.25, 0.3) is 0 Å². The van der Waals surface area contributed by atoms with Crippen molar-refractivity contribution in [1.29, 1.82) is 0 Å². The van der Waals surface area contributed by atoms with Gasteiger partial charge in [0.2, 0.25) is 0 Å². The summed E-state index contributed by atoms with van der Waals surface area (Å²) >= 11 is 0. The van der Waals surface area contributed by atoms with E-state index in [0.29, 0.717) is 6.61 Å². The molecule has 0 radical (unpaired) electrons. The molecule has 112 valence electrons. The summed E-state index contributed by atoms with van der Waals surface area (Å²) in [7, 11) is 1.97. The van der Waals surface area contributed by atoms with Crippen molar-refractivity contribution in [3.8, 4) is 17.2 Å². The maximum absolute atomic E-state index is 6.11. The molecule has 0 heterocycles. The van der Waals surface area contributed by atoms with Crippen LogP contribution in [-0.2, 0) is 0 Å². The normalized spacial score (nSPS) is 12.0. The first-order valence-electron chi connectivity index (χ1n) is 7.46. The Morgan fingerprint density at radius 2 is 1.52 bits per heavy atom. The van der Waals surface area contributed by atoms with Gasteiger partial charge in [0, 0.05) is 11.6 Å². The number of benzene rings is 2. The third-order valence-corrected chi connectivity index (χ3v) is 3.42. The van der Waals surface area contributed by atoms with Crippen LogP contribution in [0.2, 0.25) is 0 Å². The average molecular weight is 285 g/mol. The van der Waals surface area contributed by atoms with E-state index < -0.39 is 0 Å². The molecular weight excluding hydrogens is 262 g/mol. The quantitative estimate of drug-likeness (QED) is 0.809. The predicted molar refractivity (Wildman–Crippen MR) is 86.2 cm³/mol. The summed E-state index contributed by atoms with van der Waals surface area (Å²) in [5, 5.41) is 3.32. The van der Waals surface area contributed by atoms with Crippen molar-refractivity contribution in [2.45, 2.75) is 26.3 Å². The molecule has 3 heteroatoms. The van der Waals surface area contributed by atoms with Gasteiger partial charge in [-0.1, -0.05) is 37.3 Å². The molecule has 2 rings (SSSR count). The van der Waals surface area contributed by atoms with Gasteiger partial charge < -0.3 is 14.8 Å². The molecule has 21 heavy (non-hydrogen) atoms. The van der Waals surface area contributed by atoms with E-state index >= 15 is 0 Å². The van der Waals surface area contributed by atoms with E-state index in [2.05, 4.69) is 18.3 Å². The van der Waals surface area contributed by atoms with Crippen molar-refractivity contribution in [2.24, 2.45) is 0 Å². The molecule has 3 nitrogen and oxygen atoms in total. The number of hydrogen-bond acceptors (Lipinski definition) is 3. The Morgan fingerprint density at radius 3 is 2.14 bits per heavy atom. The maximum atomic E-state index is 6.11. The topological polar surface area (TPSA) is 30.5 Å². The lowest BCUT2D eigenvalue weighted by Gasteiger charge is -2.19. The van der Waals surface area contributed by atoms with Crippen LogP contribution in [0.3, 0.4) is 0 Å². The van der Waals surface area contributed by atoms with Gasteiger partial charge in [-0.3, -0.25) is 0 Å². The monoisotopic (exact) mass is 285 g/mol. The smallest absolute Gasteiger partial charge is 0.169 e. The molecule has 0 aliphatic carbocycles. The van der Waals surface area contributed by atoms with Gasteiger partial charge >= 0.3 is 0 Å². The fourth-order valence-electron chi connectivity index (χ4n) is 2.37. The van der Waals surface area contributed by atoms with Gasteiger partial charge in [0.15, 0.2) is 11.5 Å². The van der Waals surface area contributed by atoms with Crippen molar-refractivity contribution in [2.75, 3.05) is 13.7 Å². The lowest BCUT2D eigenvalue weighted by Crippen LogP contribution is -2.15. The number of rotatable bonds is 7. The van der Waals surface area contributed by atoms with E-state index in [9.17, 15) is 0 Å². The zero-order valence-corrected chi connectivity index (χ0v) is 12.9. The molecule has 0 amide bonds. The highest BCUT2D eigenvalue weighted by molar-refractivity contribution is 5.45. The molecule has 0 aliphatic rings. The fourth-order valence-corrected chi connectivity index (χ4v) is 2.37. The molecule has 1 unspecified atom stereocenters. The van der Waals surface area contributed by atoms with Crippen LogP contribution in [0.15, 0.2) is 48.5 Å². The van der Waals surface area contributed by atoms with Crippen molar-refractivity contribution in [3.63, 3.8) is 0 Å². The Balaban J connectivity index is 2.32. The van der Waals surface area contributed by atoms with Crippen LogP contribution >= 0.6 is 0 Å². The van der Waals surface area contributed by atoms with Gasteiger partial charge in [0.1, 0.15) is 5.75 Å². The third-order valence-electron chi connectivity index (χ3n) is 3.42. The number of para-hydroxylation sites is 3. The standard InChI is InChI=1S/C18H23NO2/c1-4-15(19-3)14-10-6-7-11-16(14)21-18-13-9-8-12-17(18)20-5-2/h6-13,15,19H,4-5H2,1-3H3. The molecule has 0 spiro atoms. The molecule has 0 aromatic heterocycles. The molecule has 0 aliphatic heterocycles. The number of ether oxygens (including phenoxy) is 2. The van der Waals surface area contributed by atoms with Crippen molar-refractivity contribution in [3.05, 3.63) is 54.1 Å². The molecule has 0 saturated heterocycles. The number of hydrogen-bond donors (Lipinski definition) is 1. The summed E-state index contributed by atoms with van der Waals surface area (Å²) in [6.45, 7) is 4.75. The lowest BCUT2D eigenvalue weighted by atomic mass is 10.0. The van der Waals surface area contributed by atoms with Gasteiger partial charge in [-0.15, -0.1) is 0 Å². The van der Waals surface area contributed by atoms with Crippen LogP contribution in [0, 0.1) is 0 Å². The minimum absolute atomic E-state index is 0.278. The second-order valence-corrected chi connectivity index (χ2v) is 4.77. The van der Waals surface area contributed by atoms with Gasteiger partial charge in [-0.05, 0) is 38.6 Å². The summed E-state index contributed by atoms with van der Waals surface area (Å²) in [5.41, 5.74) is 1.16. The van der Waals surface area contributed by atoms with Crippen LogP contribution in [-0.4, -0.2) is 13.7 Å². The Hall–Kier alpha value is -2.00. The Kier molecular flexibility index (Phi) is 5.64. The third kappa shape index (κ3) is 3.76. The molecule has 0 fully saturated rings. The summed E-state index contributed by atoms with van der Waals surface area (Å²) < 4.78 is 11.7. The van der Waals surface area contributed by atoms with Crippen LogP contribution < -0.4 is 14.8 Å². The van der Waals surface area contributed by atoms with Crippen molar-refractivity contribution < 1.29 is 9.47 Å². The zero-order valence-electron chi connectivity index (χ0n) is 12.9. The molecular formula is C18H23NO2. The number of nitrogens with one attached hydrogen (secondary N) is 1. The van der Waals surface area contributed by atoms with E-state index in [1.165, 1.54) is 0 Å². The molecule has 2 aromatic rings. The predicted octanol–water partition coefficient (Wildman–Crippen LogP) is 4.55. The van der Waals surface area contributed by atoms with Gasteiger partial charge in [-0.25, -0.2) is 0 Å². The maximum Gasteiger partial charge on any atom is 0.169 e. The first-order chi connectivity index (χ1) is 10.3. The van der Waals surface area contributed by atoms with Gasteiger partial charge in [-0.2, -0.15) is 0 Å².